The van der Waals surface area contributed by atoms with Gasteiger partial charge in [-0.25, -0.2) is 9.97 Å². The van der Waals surface area contributed by atoms with E-state index in [4.69, 9.17) is 21.1 Å². The number of anilines is 3. The zero-order valence-corrected chi connectivity index (χ0v) is 16.4. The molecule has 8 heteroatoms. The lowest BCUT2D eigenvalue weighted by atomic mass is 10.2. The largest absolute Gasteiger partial charge is 0.495 e. The van der Waals surface area contributed by atoms with Crippen LogP contribution in [0.2, 0.25) is 5.02 Å². The van der Waals surface area contributed by atoms with Gasteiger partial charge in [0.05, 0.1) is 24.9 Å². The third kappa shape index (κ3) is 4.50. The van der Waals surface area contributed by atoms with Crippen molar-refractivity contribution in [1.82, 2.24) is 9.97 Å². The number of carbonyl (C=O) groups is 1. The van der Waals surface area contributed by atoms with Crippen molar-refractivity contribution < 1.29 is 14.3 Å². The summed E-state index contributed by atoms with van der Waals surface area (Å²) in [5, 5.41) is 6.32. The second-order valence-corrected chi connectivity index (χ2v) is 6.33. The SMILES string of the molecule is COc1cc(Nc2cc(C(=O)Nc3ccc(C)cc3)ncn2)c(OC)cc1Cl. The Morgan fingerprint density at radius 3 is 2.39 bits per heavy atom. The van der Waals surface area contributed by atoms with E-state index in [2.05, 4.69) is 20.6 Å². The number of ether oxygens (including phenoxy) is 2. The first-order chi connectivity index (χ1) is 13.5. The average molecular weight is 399 g/mol. The summed E-state index contributed by atoms with van der Waals surface area (Å²) in [7, 11) is 3.05. The third-order valence-electron chi connectivity index (χ3n) is 3.95. The van der Waals surface area contributed by atoms with Crippen molar-refractivity contribution >= 4 is 34.7 Å². The number of hydrogen-bond acceptors (Lipinski definition) is 6. The summed E-state index contributed by atoms with van der Waals surface area (Å²) in [4.78, 5) is 20.7. The van der Waals surface area contributed by atoms with E-state index < -0.39 is 0 Å². The van der Waals surface area contributed by atoms with E-state index in [-0.39, 0.29) is 11.6 Å². The summed E-state index contributed by atoms with van der Waals surface area (Å²) in [6.45, 7) is 1.98. The summed E-state index contributed by atoms with van der Waals surface area (Å²) >= 11 is 6.13. The quantitative estimate of drug-likeness (QED) is 0.638. The second kappa shape index (κ2) is 8.58. The van der Waals surface area contributed by atoms with Crippen LogP contribution in [0.1, 0.15) is 16.1 Å². The number of nitrogens with zero attached hydrogens (tertiary/aromatic N) is 2. The number of hydrogen-bond donors (Lipinski definition) is 2. The Morgan fingerprint density at radius 1 is 1.00 bits per heavy atom. The molecule has 0 unspecified atom stereocenters. The maximum Gasteiger partial charge on any atom is 0.274 e. The molecule has 0 saturated carbocycles. The Morgan fingerprint density at radius 2 is 1.71 bits per heavy atom. The van der Waals surface area contributed by atoms with Crippen LogP contribution in [0, 0.1) is 6.92 Å². The molecule has 0 saturated heterocycles. The van der Waals surface area contributed by atoms with Gasteiger partial charge in [-0.05, 0) is 19.1 Å². The molecule has 0 aliphatic carbocycles. The second-order valence-electron chi connectivity index (χ2n) is 5.92. The first-order valence-electron chi connectivity index (χ1n) is 8.38. The van der Waals surface area contributed by atoms with Crippen LogP contribution in [0.4, 0.5) is 17.2 Å². The van der Waals surface area contributed by atoms with Crippen LogP contribution in [-0.4, -0.2) is 30.1 Å². The van der Waals surface area contributed by atoms with Crippen LogP contribution >= 0.6 is 11.6 Å². The molecule has 144 valence electrons. The van der Waals surface area contributed by atoms with Crippen LogP contribution in [-0.2, 0) is 0 Å². The predicted molar refractivity (Wildman–Crippen MR) is 109 cm³/mol. The minimum Gasteiger partial charge on any atom is -0.495 e. The predicted octanol–water partition coefficient (Wildman–Crippen LogP) is 4.45. The molecule has 1 amide bonds. The number of rotatable bonds is 6. The van der Waals surface area contributed by atoms with Crippen LogP contribution in [0.15, 0.2) is 48.8 Å². The molecule has 1 heterocycles. The molecule has 0 bridgehead atoms. The van der Waals surface area contributed by atoms with E-state index in [1.165, 1.54) is 20.5 Å². The normalized spacial score (nSPS) is 10.3. The molecular formula is C20H19ClN4O3. The van der Waals surface area contributed by atoms with Gasteiger partial charge < -0.3 is 20.1 Å². The number of aryl methyl sites for hydroxylation is 1. The van der Waals surface area contributed by atoms with Crippen LogP contribution in [0.5, 0.6) is 11.5 Å². The smallest absolute Gasteiger partial charge is 0.274 e. The monoisotopic (exact) mass is 398 g/mol. The van der Waals surface area contributed by atoms with Gasteiger partial charge in [-0.1, -0.05) is 29.3 Å². The lowest BCUT2D eigenvalue weighted by Crippen LogP contribution is -2.14. The maximum atomic E-state index is 12.5. The van der Waals surface area contributed by atoms with Crippen LogP contribution < -0.4 is 20.1 Å². The van der Waals surface area contributed by atoms with Crippen molar-refractivity contribution in [2.24, 2.45) is 0 Å². The van der Waals surface area contributed by atoms with E-state index in [9.17, 15) is 4.79 Å². The zero-order valence-electron chi connectivity index (χ0n) is 15.6. The first kappa shape index (κ1) is 19.4. The highest BCUT2D eigenvalue weighted by atomic mass is 35.5. The van der Waals surface area contributed by atoms with Gasteiger partial charge in [0.15, 0.2) is 0 Å². The first-order valence-corrected chi connectivity index (χ1v) is 8.76. The van der Waals surface area contributed by atoms with E-state index >= 15 is 0 Å². The highest BCUT2D eigenvalue weighted by molar-refractivity contribution is 6.32. The van der Waals surface area contributed by atoms with Crippen molar-refractivity contribution in [1.29, 1.82) is 0 Å². The molecule has 7 nitrogen and oxygen atoms in total. The van der Waals surface area contributed by atoms with Crippen molar-refractivity contribution in [3.63, 3.8) is 0 Å². The van der Waals surface area contributed by atoms with Gasteiger partial charge in [0, 0.05) is 23.9 Å². The number of benzene rings is 2. The van der Waals surface area contributed by atoms with Crippen molar-refractivity contribution in [2.75, 3.05) is 24.9 Å². The van der Waals surface area contributed by atoms with E-state index in [1.54, 1.807) is 18.2 Å². The van der Waals surface area contributed by atoms with E-state index in [0.717, 1.165) is 5.56 Å². The van der Waals surface area contributed by atoms with Crippen molar-refractivity contribution in [3.8, 4) is 11.5 Å². The van der Waals surface area contributed by atoms with Crippen LogP contribution in [0.25, 0.3) is 0 Å². The molecule has 0 aliphatic heterocycles. The molecule has 1 aromatic heterocycles. The molecule has 28 heavy (non-hydrogen) atoms. The summed E-state index contributed by atoms with van der Waals surface area (Å²) in [6, 6.07) is 12.4. The van der Waals surface area contributed by atoms with E-state index in [0.29, 0.717) is 33.7 Å². The fourth-order valence-electron chi connectivity index (χ4n) is 2.48. The highest BCUT2D eigenvalue weighted by Crippen LogP contribution is 2.37. The minimum absolute atomic E-state index is 0.220. The number of methoxy groups -OCH3 is 2. The topological polar surface area (TPSA) is 85.4 Å². The fraction of sp³-hybridized carbons (Fsp3) is 0.150. The summed E-state index contributed by atoms with van der Waals surface area (Å²) in [5.41, 5.74) is 2.61. The molecule has 2 N–H and O–H groups in total. The molecule has 0 fully saturated rings. The molecule has 0 spiro atoms. The Hall–Kier alpha value is -3.32. The number of amides is 1. The van der Waals surface area contributed by atoms with Crippen LogP contribution in [0.3, 0.4) is 0 Å². The van der Waals surface area contributed by atoms with Gasteiger partial charge in [-0.15, -0.1) is 0 Å². The third-order valence-corrected chi connectivity index (χ3v) is 4.24. The molecule has 0 radical (unpaired) electrons. The number of carbonyl (C=O) groups excluding carboxylic acids is 1. The van der Waals surface area contributed by atoms with Gasteiger partial charge in [0.1, 0.15) is 29.3 Å². The molecule has 3 aromatic rings. The van der Waals surface area contributed by atoms with Crippen molar-refractivity contribution in [3.05, 3.63) is 65.1 Å². The summed E-state index contributed by atoms with van der Waals surface area (Å²) < 4.78 is 10.6. The Bertz CT molecular complexity index is 993. The van der Waals surface area contributed by atoms with Gasteiger partial charge >= 0.3 is 0 Å². The number of halogens is 1. The standard InChI is InChI=1S/C20H19ClN4O3/c1-12-4-6-13(7-5-12)24-20(26)16-10-19(23-11-22-16)25-15-9-17(27-2)14(21)8-18(15)28-3/h4-11H,1-3H3,(H,24,26)(H,22,23,25). The zero-order chi connectivity index (χ0) is 20.1. The molecular weight excluding hydrogens is 380 g/mol. The van der Waals surface area contributed by atoms with Gasteiger partial charge in [-0.2, -0.15) is 0 Å². The Balaban J connectivity index is 1.81. The number of nitrogens with one attached hydrogen (secondary N) is 2. The van der Waals surface area contributed by atoms with Gasteiger partial charge in [-0.3, -0.25) is 4.79 Å². The van der Waals surface area contributed by atoms with E-state index in [1.807, 2.05) is 31.2 Å². The van der Waals surface area contributed by atoms with Gasteiger partial charge in [0.2, 0.25) is 0 Å². The fourth-order valence-corrected chi connectivity index (χ4v) is 2.71. The molecule has 2 aromatic carbocycles. The molecule has 0 aliphatic rings. The maximum absolute atomic E-state index is 12.5. The Labute approximate surface area is 167 Å². The molecule has 3 rings (SSSR count). The average Bonchev–Trinajstić information content (AvgIpc) is 2.71. The Kier molecular flexibility index (Phi) is 5.96. The molecule has 0 atom stereocenters. The summed E-state index contributed by atoms with van der Waals surface area (Å²) in [5.74, 6) is 1.08. The highest BCUT2D eigenvalue weighted by Gasteiger charge is 2.13. The summed E-state index contributed by atoms with van der Waals surface area (Å²) in [6.07, 6.45) is 1.31. The lowest BCUT2D eigenvalue weighted by molar-refractivity contribution is 0.102. The minimum atomic E-state index is -0.338. The lowest BCUT2D eigenvalue weighted by Gasteiger charge is -2.13. The van der Waals surface area contributed by atoms with Gasteiger partial charge in [0.25, 0.3) is 5.91 Å². The number of aromatic nitrogens is 2. The van der Waals surface area contributed by atoms with Crippen molar-refractivity contribution in [2.45, 2.75) is 6.92 Å².